The van der Waals surface area contributed by atoms with E-state index in [0.29, 0.717) is 6.42 Å². The van der Waals surface area contributed by atoms with Crippen LogP contribution in [0, 0.1) is 5.41 Å². The SMILES string of the molecule is CSCCCC(=O)NC1CCCC1(C)CO. The molecule has 1 saturated carbocycles. The Hall–Kier alpha value is -0.220. The van der Waals surface area contributed by atoms with Crippen LogP contribution in [-0.2, 0) is 4.79 Å². The van der Waals surface area contributed by atoms with Gasteiger partial charge in [0.05, 0.1) is 6.61 Å². The summed E-state index contributed by atoms with van der Waals surface area (Å²) in [7, 11) is 0. The lowest BCUT2D eigenvalue weighted by atomic mass is 9.86. The highest BCUT2D eigenvalue weighted by atomic mass is 32.2. The van der Waals surface area contributed by atoms with Gasteiger partial charge in [-0.15, -0.1) is 0 Å². The number of nitrogens with one attached hydrogen (secondary N) is 1. The van der Waals surface area contributed by atoms with Gasteiger partial charge < -0.3 is 10.4 Å². The van der Waals surface area contributed by atoms with Crippen LogP contribution in [0.3, 0.4) is 0 Å². The zero-order valence-corrected chi connectivity index (χ0v) is 11.1. The quantitative estimate of drug-likeness (QED) is 0.702. The Morgan fingerprint density at radius 2 is 2.38 bits per heavy atom. The van der Waals surface area contributed by atoms with Gasteiger partial charge in [0.2, 0.25) is 5.91 Å². The molecule has 4 heteroatoms. The monoisotopic (exact) mass is 245 g/mol. The normalized spacial score (nSPS) is 29.3. The average molecular weight is 245 g/mol. The summed E-state index contributed by atoms with van der Waals surface area (Å²) in [6, 6.07) is 0.166. The van der Waals surface area contributed by atoms with Crippen LogP contribution in [0.25, 0.3) is 0 Å². The Morgan fingerprint density at radius 3 is 3.00 bits per heavy atom. The van der Waals surface area contributed by atoms with Crippen LogP contribution in [0.4, 0.5) is 0 Å². The van der Waals surface area contributed by atoms with Gasteiger partial charge in [-0.1, -0.05) is 13.3 Å². The van der Waals surface area contributed by atoms with Crippen molar-refractivity contribution in [2.45, 2.75) is 45.1 Å². The summed E-state index contributed by atoms with van der Waals surface area (Å²) in [5.74, 6) is 1.18. The lowest BCUT2D eigenvalue weighted by Gasteiger charge is -2.30. The summed E-state index contributed by atoms with van der Waals surface area (Å²) in [6.07, 6.45) is 6.73. The second kappa shape index (κ2) is 6.50. The molecule has 2 unspecified atom stereocenters. The fourth-order valence-electron chi connectivity index (χ4n) is 2.31. The number of aliphatic hydroxyl groups is 1. The van der Waals surface area contributed by atoms with Crippen molar-refractivity contribution >= 4 is 17.7 Å². The molecular formula is C12H23NO2S. The molecule has 1 rings (SSSR count). The minimum atomic E-state index is -0.102. The van der Waals surface area contributed by atoms with Gasteiger partial charge in [-0.3, -0.25) is 4.79 Å². The molecule has 94 valence electrons. The Kier molecular flexibility index (Phi) is 5.62. The summed E-state index contributed by atoms with van der Waals surface area (Å²) in [4.78, 5) is 11.7. The third-order valence-corrected chi connectivity index (χ3v) is 4.23. The van der Waals surface area contributed by atoms with Crippen molar-refractivity contribution < 1.29 is 9.90 Å². The van der Waals surface area contributed by atoms with Crippen molar-refractivity contribution in [2.24, 2.45) is 5.41 Å². The smallest absolute Gasteiger partial charge is 0.220 e. The minimum absolute atomic E-state index is 0.102. The van der Waals surface area contributed by atoms with Crippen molar-refractivity contribution in [3.63, 3.8) is 0 Å². The topological polar surface area (TPSA) is 49.3 Å². The van der Waals surface area contributed by atoms with Crippen molar-refractivity contribution in [1.82, 2.24) is 5.32 Å². The molecule has 1 amide bonds. The standard InChI is InChI=1S/C12H23NO2S/c1-12(9-14)7-3-5-10(12)13-11(15)6-4-8-16-2/h10,14H,3-9H2,1-2H3,(H,13,15). The fourth-order valence-corrected chi connectivity index (χ4v) is 2.74. The number of amides is 1. The van der Waals surface area contributed by atoms with E-state index in [1.807, 2.05) is 0 Å². The van der Waals surface area contributed by atoms with Gasteiger partial charge in [-0.2, -0.15) is 11.8 Å². The molecule has 0 aliphatic heterocycles. The first-order valence-electron chi connectivity index (χ1n) is 6.01. The molecule has 3 nitrogen and oxygen atoms in total. The van der Waals surface area contributed by atoms with Gasteiger partial charge in [-0.05, 0) is 31.3 Å². The third-order valence-electron chi connectivity index (χ3n) is 3.53. The van der Waals surface area contributed by atoms with E-state index >= 15 is 0 Å². The van der Waals surface area contributed by atoms with Crippen LogP contribution >= 0.6 is 11.8 Å². The zero-order chi connectivity index (χ0) is 12.0. The van der Waals surface area contributed by atoms with Crippen molar-refractivity contribution in [3.05, 3.63) is 0 Å². The van der Waals surface area contributed by atoms with Gasteiger partial charge in [0, 0.05) is 17.9 Å². The van der Waals surface area contributed by atoms with Crippen LogP contribution in [0.15, 0.2) is 0 Å². The van der Waals surface area contributed by atoms with Gasteiger partial charge in [0.15, 0.2) is 0 Å². The molecule has 1 aliphatic carbocycles. The molecule has 0 aromatic carbocycles. The van der Waals surface area contributed by atoms with Gasteiger partial charge in [0.1, 0.15) is 0 Å². The second-order valence-corrected chi connectivity index (χ2v) is 5.91. The number of aliphatic hydroxyl groups excluding tert-OH is 1. The molecule has 2 N–H and O–H groups in total. The molecule has 0 heterocycles. The van der Waals surface area contributed by atoms with Crippen LogP contribution in [0.5, 0.6) is 0 Å². The van der Waals surface area contributed by atoms with E-state index in [1.165, 1.54) is 0 Å². The van der Waals surface area contributed by atoms with E-state index in [9.17, 15) is 9.90 Å². The highest BCUT2D eigenvalue weighted by molar-refractivity contribution is 7.98. The summed E-state index contributed by atoms with van der Waals surface area (Å²) >= 11 is 1.77. The zero-order valence-electron chi connectivity index (χ0n) is 10.3. The first-order valence-corrected chi connectivity index (χ1v) is 7.41. The second-order valence-electron chi connectivity index (χ2n) is 4.92. The molecule has 0 aromatic heterocycles. The first-order chi connectivity index (χ1) is 7.62. The maximum absolute atomic E-state index is 11.7. The molecule has 0 spiro atoms. The predicted octanol–water partition coefficient (Wildman–Crippen LogP) is 1.80. The molecule has 0 aromatic rings. The highest BCUT2D eigenvalue weighted by Gasteiger charge is 2.38. The third kappa shape index (κ3) is 3.67. The van der Waals surface area contributed by atoms with Crippen LogP contribution in [0.2, 0.25) is 0 Å². The molecule has 1 fully saturated rings. The van der Waals surface area contributed by atoms with E-state index in [-0.39, 0.29) is 24.0 Å². The molecule has 0 saturated heterocycles. The molecule has 0 bridgehead atoms. The Labute approximate surface area is 102 Å². The molecule has 2 atom stereocenters. The van der Waals surface area contributed by atoms with E-state index < -0.39 is 0 Å². The maximum atomic E-state index is 11.7. The number of carbonyl (C=O) groups is 1. The molecule has 1 aliphatic rings. The summed E-state index contributed by atoms with van der Waals surface area (Å²) < 4.78 is 0. The molecular weight excluding hydrogens is 222 g/mol. The van der Waals surface area contributed by atoms with Crippen LogP contribution in [0.1, 0.15) is 39.0 Å². The van der Waals surface area contributed by atoms with Gasteiger partial charge in [-0.25, -0.2) is 0 Å². The largest absolute Gasteiger partial charge is 0.396 e. The number of hydrogen-bond acceptors (Lipinski definition) is 3. The summed E-state index contributed by atoms with van der Waals surface area (Å²) in [5, 5.41) is 12.4. The number of rotatable bonds is 6. The van der Waals surface area contributed by atoms with E-state index in [2.05, 4.69) is 18.5 Å². The average Bonchev–Trinajstić information content (AvgIpc) is 2.62. The first kappa shape index (κ1) is 13.8. The summed E-state index contributed by atoms with van der Waals surface area (Å²) in [5.41, 5.74) is -0.102. The predicted molar refractivity (Wildman–Crippen MR) is 68.6 cm³/mol. The summed E-state index contributed by atoms with van der Waals surface area (Å²) in [6.45, 7) is 2.23. The van der Waals surface area contributed by atoms with Crippen molar-refractivity contribution in [1.29, 1.82) is 0 Å². The Morgan fingerprint density at radius 1 is 1.62 bits per heavy atom. The van der Waals surface area contributed by atoms with Gasteiger partial charge >= 0.3 is 0 Å². The Bertz CT molecular complexity index is 235. The van der Waals surface area contributed by atoms with Crippen LogP contribution in [-0.4, -0.2) is 35.7 Å². The number of carbonyl (C=O) groups excluding carboxylic acids is 1. The van der Waals surface area contributed by atoms with E-state index in [0.717, 1.165) is 31.4 Å². The molecule has 16 heavy (non-hydrogen) atoms. The fraction of sp³-hybridized carbons (Fsp3) is 0.917. The van der Waals surface area contributed by atoms with E-state index in [1.54, 1.807) is 11.8 Å². The lowest BCUT2D eigenvalue weighted by molar-refractivity contribution is -0.122. The van der Waals surface area contributed by atoms with Crippen molar-refractivity contribution in [2.75, 3.05) is 18.6 Å². The highest BCUT2D eigenvalue weighted by Crippen LogP contribution is 2.37. The lowest BCUT2D eigenvalue weighted by Crippen LogP contribution is -2.44. The number of thioether (sulfide) groups is 1. The van der Waals surface area contributed by atoms with Gasteiger partial charge in [0.25, 0.3) is 0 Å². The number of hydrogen-bond donors (Lipinski definition) is 2. The Balaban J connectivity index is 2.33. The maximum Gasteiger partial charge on any atom is 0.220 e. The van der Waals surface area contributed by atoms with Crippen LogP contribution < -0.4 is 5.32 Å². The van der Waals surface area contributed by atoms with E-state index in [4.69, 9.17) is 0 Å². The van der Waals surface area contributed by atoms with Crippen molar-refractivity contribution in [3.8, 4) is 0 Å². The minimum Gasteiger partial charge on any atom is -0.396 e. The molecule has 0 radical (unpaired) electrons.